The van der Waals surface area contributed by atoms with Crippen molar-refractivity contribution < 1.29 is 9.84 Å². The second kappa shape index (κ2) is 7.63. The molecule has 0 radical (unpaired) electrons. The van der Waals surface area contributed by atoms with Crippen LogP contribution in [0.15, 0.2) is 42.6 Å². The fraction of sp³-hybridized carbons (Fsp3) is 0.250. The number of nitrogens with zero attached hydrogens (tertiary/aromatic N) is 2. The van der Waals surface area contributed by atoms with Gasteiger partial charge >= 0.3 is 0 Å². The van der Waals surface area contributed by atoms with E-state index in [-0.39, 0.29) is 12.7 Å². The van der Waals surface area contributed by atoms with Crippen LogP contribution < -0.4 is 4.74 Å². The van der Waals surface area contributed by atoms with Crippen molar-refractivity contribution in [2.75, 3.05) is 6.61 Å². The Kier molecular flexibility index (Phi) is 5.56. The third-order valence-electron chi connectivity index (χ3n) is 2.98. The number of ether oxygens (including phenoxy) is 1. The molecule has 2 rings (SSSR count). The zero-order valence-electron chi connectivity index (χ0n) is 11.4. The molecule has 0 aliphatic rings. The molecule has 1 atom stereocenters. The van der Waals surface area contributed by atoms with Gasteiger partial charge in [-0.05, 0) is 37.1 Å². The van der Waals surface area contributed by atoms with E-state index in [1.807, 2.05) is 18.2 Å². The van der Waals surface area contributed by atoms with Crippen molar-refractivity contribution in [1.29, 1.82) is 5.26 Å². The van der Waals surface area contributed by atoms with Crippen LogP contribution in [0.1, 0.15) is 30.2 Å². The highest BCUT2D eigenvalue weighted by Crippen LogP contribution is 2.29. The summed E-state index contributed by atoms with van der Waals surface area (Å²) < 4.78 is 5.92. The molecule has 0 fully saturated rings. The van der Waals surface area contributed by atoms with E-state index in [9.17, 15) is 0 Å². The van der Waals surface area contributed by atoms with E-state index in [0.29, 0.717) is 29.2 Å². The van der Waals surface area contributed by atoms with Gasteiger partial charge in [0, 0.05) is 23.9 Å². The van der Waals surface area contributed by atoms with Gasteiger partial charge in [0.15, 0.2) is 0 Å². The van der Waals surface area contributed by atoms with Crippen LogP contribution in [-0.4, -0.2) is 16.7 Å². The third-order valence-corrected chi connectivity index (χ3v) is 3.21. The maximum Gasteiger partial charge on any atom is 0.141 e. The molecule has 1 unspecified atom stereocenters. The van der Waals surface area contributed by atoms with Crippen LogP contribution in [0.3, 0.4) is 0 Å². The minimum atomic E-state index is -0.330. The molecule has 2 aromatic rings. The molecule has 108 valence electrons. The standard InChI is InChI=1S/C16H15ClN2O2/c17-13-7-6-12(11-18)16(10-13)21-15(5-3-9-20)14-4-1-2-8-19-14/h1-2,4,6-8,10,15,20H,3,5,9H2. The molecule has 0 aliphatic heterocycles. The summed E-state index contributed by atoms with van der Waals surface area (Å²) >= 11 is 5.96. The van der Waals surface area contributed by atoms with Gasteiger partial charge in [0.05, 0.1) is 11.3 Å². The zero-order valence-corrected chi connectivity index (χ0v) is 12.1. The fourth-order valence-corrected chi connectivity index (χ4v) is 2.11. The first-order valence-electron chi connectivity index (χ1n) is 6.62. The highest BCUT2D eigenvalue weighted by Gasteiger charge is 2.16. The zero-order chi connectivity index (χ0) is 15.1. The van der Waals surface area contributed by atoms with E-state index in [0.717, 1.165) is 5.69 Å². The molecule has 4 nitrogen and oxygen atoms in total. The van der Waals surface area contributed by atoms with Crippen molar-refractivity contribution in [3.63, 3.8) is 0 Å². The number of rotatable bonds is 6. The van der Waals surface area contributed by atoms with Gasteiger partial charge in [-0.1, -0.05) is 17.7 Å². The number of halogens is 1. The predicted molar refractivity (Wildman–Crippen MR) is 80.1 cm³/mol. The lowest BCUT2D eigenvalue weighted by molar-refractivity contribution is 0.171. The summed E-state index contributed by atoms with van der Waals surface area (Å²) in [5, 5.41) is 18.7. The van der Waals surface area contributed by atoms with Crippen LogP contribution in [0.5, 0.6) is 5.75 Å². The largest absolute Gasteiger partial charge is 0.483 e. The van der Waals surface area contributed by atoms with E-state index in [4.69, 9.17) is 26.7 Å². The van der Waals surface area contributed by atoms with Crippen molar-refractivity contribution in [1.82, 2.24) is 4.98 Å². The first-order valence-corrected chi connectivity index (χ1v) is 7.00. The van der Waals surface area contributed by atoms with Gasteiger partial charge in [0.25, 0.3) is 0 Å². The number of hydrogen-bond acceptors (Lipinski definition) is 4. The third kappa shape index (κ3) is 4.19. The molecule has 21 heavy (non-hydrogen) atoms. The average molecular weight is 303 g/mol. The van der Waals surface area contributed by atoms with Crippen LogP contribution in [0.4, 0.5) is 0 Å². The molecule has 0 bridgehead atoms. The summed E-state index contributed by atoms with van der Waals surface area (Å²) in [7, 11) is 0. The van der Waals surface area contributed by atoms with E-state index in [1.165, 1.54) is 0 Å². The van der Waals surface area contributed by atoms with Gasteiger partial charge in [-0.3, -0.25) is 4.98 Å². The van der Waals surface area contributed by atoms with Gasteiger partial charge in [-0.15, -0.1) is 0 Å². The highest BCUT2D eigenvalue weighted by molar-refractivity contribution is 6.30. The van der Waals surface area contributed by atoms with Crippen LogP contribution in [0.2, 0.25) is 5.02 Å². The first kappa shape index (κ1) is 15.3. The Morgan fingerprint density at radius 3 is 2.86 bits per heavy atom. The molecule has 5 heteroatoms. The Labute approximate surface area is 128 Å². The van der Waals surface area contributed by atoms with Gasteiger partial charge in [-0.25, -0.2) is 0 Å². The van der Waals surface area contributed by atoms with E-state index < -0.39 is 0 Å². The molecule has 0 saturated heterocycles. The van der Waals surface area contributed by atoms with E-state index in [1.54, 1.807) is 24.4 Å². The SMILES string of the molecule is N#Cc1ccc(Cl)cc1OC(CCCO)c1ccccn1. The molecular formula is C16H15ClN2O2. The Balaban J connectivity index is 2.27. The van der Waals surface area contributed by atoms with E-state index >= 15 is 0 Å². The minimum absolute atomic E-state index is 0.0767. The van der Waals surface area contributed by atoms with Gasteiger partial charge in [0.1, 0.15) is 17.9 Å². The second-order valence-electron chi connectivity index (χ2n) is 4.48. The number of aliphatic hydroxyl groups is 1. The first-order chi connectivity index (χ1) is 10.2. The van der Waals surface area contributed by atoms with Gasteiger partial charge in [0.2, 0.25) is 0 Å². The quantitative estimate of drug-likeness (QED) is 0.887. The number of aliphatic hydroxyl groups excluding tert-OH is 1. The molecule has 0 aliphatic carbocycles. The Bertz CT molecular complexity index is 626. The molecule has 1 N–H and O–H groups in total. The highest BCUT2D eigenvalue weighted by atomic mass is 35.5. The predicted octanol–water partition coefficient (Wildman–Crippen LogP) is 3.50. The molecule has 1 aromatic heterocycles. The molecule has 0 saturated carbocycles. The van der Waals surface area contributed by atoms with Crippen LogP contribution in [0.25, 0.3) is 0 Å². The van der Waals surface area contributed by atoms with Crippen molar-refractivity contribution in [2.24, 2.45) is 0 Å². The van der Waals surface area contributed by atoms with Crippen molar-refractivity contribution in [2.45, 2.75) is 18.9 Å². The summed E-state index contributed by atoms with van der Waals surface area (Å²) in [6, 6.07) is 12.5. The monoisotopic (exact) mass is 302 g/mol. The summed E-state index contributed by atoms with van der Waals surface area (Å²) in [5.41, 5.74) is 1.18. The lowest BCUT2D eigenvalue weighted by Crippen LogP contribution is -2.11. The summed E-state index contributed by atoms with van der Waals surface area (Å²) in [5.74, 6) is 0.429. The van der Waals surface area contributed by atoms with Crippen LogP contribution in [0, 0.1) is 11.3 Å². The Morgan fingerprint density at radius 2 is 2.19 bits per heavy atom. The number of aromatic nitrogens is 1. The summed E-state index contributed by atoms with van der Waals surface area (Å²) in [6.45, 7) is 0.0767. The maximum atomic E-state index is 9.14. The van der Waals surface area contributed by atoms with Gasteiger partial charge < -0.3 is 9.84 Å². The number of benzene rings is 1. The van der Waals surface area contributed by atoms with Crippen molar-refractivity contribution in [3.05, 3.63) is 58.9 Å². The van der Waals surface area contributed by atoms with Gasteiger partial charge in [-0.2, -0.15) is 5.26 Å². The normalized spacial score (nSPS) is 11.7. The Morgan fingerprint density at radius 1 is 1.33 bits per heavy atom. The summed E-state index contributed by atoms with van der Waals surface area (Å²) in [4.78, 5) is 4.28. The van der Waals surface area contributed by atoms with Crippen LogP contribution in [-0.2, 0) is 0 Å². The number of hydrogen-bond donors (Lipinski definition) is 1. The lowest BCUT2D eigenvalue weighted by Gasteiger charge is -2.19. The topological polar surface area (TPSA) is 66.1 Å². The number of pyridine rings is 1. The number of nitriles is 1. The van der Waals surface area contributed by atoms with Crippen molar-refractivity contribution >= 4 is 11.6 Å². The molecule has 1 heterocycles. The Hall–Kier alpha value is -2.09. The molecular weight excluding hydrogens is 288 g/mol. The van der Waals surface area contributed by atoms with E-state index in [2.05, 4.69) is 11.1 Å². The molecule has 0 amide bonds. The molecule has 0 spiro atoms. The summed E-state index contributed by atoms with van der Waals surface area (Å²) in [6.07, 6.45) is 2.55. The molecule has 1 aromatic carbocycles. The smallest absolute Gasteiger partial charge is 0.141 e. The van der Waals surface area contributed by atoms with Crippen LogP contribution >= 0.6 is 11.6 Å². The lowest BCUT2D eigenvalue weighted by atomic mass is 10.1. The average Bonchev–Trinajstić information content (AvgIpc) is 2.52. The second-order valence-corrected chi connectivity index (χ2v) is 4.92. The fourth-order valence-electron chi connectivity index (χ4n) is 1.95. The van der Waals surface area contributed by atoms with Crippen molar-refractivity contribution in [3.8, 4) is 11.8 Å². The maximum absolute atomic E-state index is 9.14. The minimum Gasteiger partial charge on any atom is -0.483 e.